The predicted molar refractivity (Wildman–Crippen MR) is 93.2 cm³/mol. The molecule has 7 heteroatoms. The number of anilines is 1. The van der Waals surface area contributed by atoms with Crippen molar-refractivity contribution in [1.82, 2.24) is 14.8 Å². The summed E-state index contributed by atoms with van der Waals surface area (Å²) in [5.74, 6) is 0.153. The van der Waals surface area contributed by atoms with Gasteiger partial charge in [-0.05, 0) is 43.3 Å². The second kappa shape index (κ2) is 7.39. The van der Waals surface area contributed by atoms with Gasteiger partial charge in [-0.2, -0.15) is 5.10 Å². The number of aromatic nitrogens is 3. The van der Waals surface area contributed by atoms with Crippen LogP contribution in [-0.2, 0) is 0 Å². The van der Waals surface area contributed by atoms with Gasteiger partial charge in [0.2, 0.25) is 5.43 Å². The second-order valence-electron chi connectivity index (χ2n) is 5.10. The van der Waals surface area contributed by atoms with Gasteiger partial charge in [-0.1, -0.05) is 0 Å². The molecule has 0 saturated heterocycles. The van der Waals surface area contributed by atoms with Crippen molar-refractivity contribution < 1.29 is 9.53 Å². The number of carbonyl (C=O) groups is 1. The fourth-order valence-electron chi connectivity index (χ4n) is 2.20. The molecule has 0 aliphatic heterocycles. The molecule has 1 amide bonds. The fourth-order valence-corrected chi connectivity index (χ4v) is 2.20. The molecular weight excluding hydrogens is 320 g/mol. The molecule has 0 aliphatic carbocycles. The molecule has 2 heterocycles. The maximum absolute atomic E-state index is 12.3. The lowest BCUT2D eigenvalue weighted by Gasteiger charge is -2.09. The molecule has 1 aromatic carbocycles. The average molecular weight is 336 g/mol. The number of nitrogens with one attached hydrogen (secondary N) is 1. The number of rotatable bonds is 5. The van der Waals surface area contributed by atoms with Gasteiger partial charge in [0, 0.05) is 18.5 Å². The van der Waals surface area contributed by atoms with Crippen LogP contribution in [0.1, 0.15) is 17.4 Å². The standard InChI is InChI=1S/C18H16N4O3/c1-2-25-15-7-5-14(6-8-15)22-11-9-16(23)17(21-22)18(24)20-13-4-3-10-19-12-13/h3-12H,2H2,1H3,(H,20,24). The van der Waals surface area contributed by atoms with Gasteiger partial charge in [0.25, 0.3) is 5.91 Å². The third-order valence-electron chi connectivity index (χ3n) is 3.35. The maximum atomic E-state index is 12.3. The Morgan fingerprint density at radius 1 is 1.20 bits per heavy atom. The van der Waals surface area contributed by atoms with E-state index in [2.05, 4.69) is 15.4 Å². The number of benzene rings is 1. The van der Waals surface area contributed by atoms with Crippen molar-refractivity contribution in [3.8, 4) is 11.4 Å². The normalized spacial score (nSPS) is 10.3. The summed E-state index contributed by atoms with van der Waals surface area (Å²) in [6.45, 7) is 2.48. The summed E-state index contributed by atoms with van der Waals surface area (Å²) in [6, 6.07) is 11.9. The molecule has 3 rings (SSSR count). The van der Waals surface area contributed by atoms with Crippen LogP contribution in [-0.4, -0.2) is 27.3 Å². The van der Waals surface area contributed by atoms with Crippen molar-refractivity contribution in [3.63, 3.8) is 0 Å². The molecule has 0 atom stereocenters. The van der Waals surface area contributed by atoms with Gasteiger partial charge in [0.15, 0.2) is 5.69 Å². The highest BCUT2D eigenvalue weighted by Gasteiger charge is 2.13. The lowest BCUT2D eigenvalue weighted by Crippen LogP contribution is -2.25. The first-order valence-corrected chi connectivity index (χ1v) is 7.72. The molecule has 0 unspecified atom stereocenters. The molecular formula is C18H16N4O3. The van der Waals surface area contributed by atoms with E-state index in [-0.39, 0.29) is 5.69 Å². The summed E-state index contributed by atoms with van der Waals surface area (Å²) in [5, 5.41) is 6.75. The first-order valence-electron chi connectivity index (χ1n) is 7.72. The van der Waals surface area contributed by atoms with E-state index in [1.165, 1.54) is 23.1 Å². The van der Waals surface area contributed by atoms with Crippen LogP contribution in [0, 0.1) is 0 Å². The van der Waals surface area contributed by atoms with Crippen LogP contribution in [0.2, 0.25) is 0 Å². The summed E-state index contributed by atoms with van der Waals surface area (Å²) in [5.41, 5.74) is 0.549. The zero-order chi connectivity index (χ0) is 17.6. The van der Waals surface area contributed by atoms with E-state index in [1.807, 2.05) is 6.92 Å². The highest BCUT2D eigenvalue weighted by Crippen LogP contribution is 2.14. The molecule has 0 spiro atoms. The van der Waals surface area contributed by atoms with Crippen LogP contribution >= 0.6 is 0 Å². The largest absolute Gasteiger partial charge is 0.494 e. The summed E-state index contributed by atoms with van der Waals surface area (Å²) in [6.07, 6.45) is 4.60. The molecule has 0 saturated carbocycles. The number of amides is 1. The van der Waals surface area contributed by atoms with Gasteiger partial charge >= 0.3 is 0 Å². The lowest BCUT2D eigenvalue weighted by atomic mass is 10.3. The van der Waals surface area contributed by atoms with Gasteiger partial charge < -0.3 is 10.1 Å². The molecule has 0 fully saturated rings. The minimum Gasteiger partial charge on any atom is -0.494 e. The Hall–Kier alpha value is -3.48. The SMILES string of the molecule is CCOc1ccc(-n2ccc(=O)c(C(=O)Nc3cccnc3)n2)cc1. The molecule has 1 N–H and O–H groups in total. The monoisotopic (exact) mass is 336 g/mol. The number of hydrogen-bond acceptors (Lipinski definition) is 5. The number of nitrogens with zero attached hydrogens (tertiary/aromatic N) is 3. The zero-order valence-corrected chi connectivity index (χ0v) is 13.5. The Kier molecular flexibility index (Phi) is 4.84. The van der Waals surface area contributed by atoms with Crippen LogP contribution in [0.25, 0.3) is 5.69 Å². The van der Waals surface area contributed by atoms with E-state index in [9.17, 15) is 9.59 Å². The van der Waals surface area contributed by atoms with Crippen molar-refractivity contribution >= 4 is 11.6 Å². The van der Waals surface area contributed by atoms with Gasteiger partial charge in [-0.25, -0.2) is 4.68 Å². The van der Waals surface area contributed by atoms with Crippen molar-refractivity contribution in [3.05, 3.63) is 77.0 Å². The quantitative estimate of drug-likeness (QED) is 0.772. The molecule has 0 radical (unpaired) electrons. The van der Waals surface area contributed by atoms with E-state index < -0.39 is 11.3 Å². The minimum absolute atomic E-state index is 0.194. The Morgan fingerprint density at radius 2 is 2.00 bits per heavy atom. The molecule has 7 nitrogen and oxygen atoms in total. The summed E-state index contributed by atoms with van der Waals surface area (Å²) in [4.78, 5) is 28.2. The van der Waals surface area contributed by atoms with Crippen LogP contribution in [0.4, 0.5) is 5.69 Å². The lowest BCUT2D eigenvalue weighted by molar-refractivity contribution is 0.101. The van der Waals surface area contributed by atoms with Gasteiger partial charge in [0.1, 0.15) is 5.75 Å². The van der Waals surface area contributed by atoms with E-state index in [0.717, 1.165) is 5.75 Å². The average Bonchev–Trinajstić information content (AvgIpc) is 2.64. The minimum atomic E-state index is -0.585. The Bertz CT molecular complexity index is 921. The Morgan fingerprint density at radius 3 is 2.68 bits per heavy atom. The summed E-state index contributed by atoms with van der Waals surface area (Å²) >= 11 is 0. The Balaban J connectivity index is 1.87. The van der Waals surface area contributed by atoms with Crippen LogP contribution in [0.5, 0.6) is 5.75 Å². The van der Waals surface area contributed by atoms with Crippen molar-refractivity contribution in [2.45, 2.75) is 6.92 Å². The summed E-state index contributed by atoms with van der Waals surface area (Å²) < 4.78 is 6.86. The van der Waals surface area contributed by atoms with Gasteiger partial charge in [0.05, 0.1) is 24.2 Å². The number of pyridine rings is 1. The Labute approximate surface area is 143 Å². The molecule has 0 bridgehead atoms. The zero-order valence-electron chi connectivity index (χ0n) is 13.5. The van der Waals surface area contributed by atoms with Gasteiger partial charge in [-0.15, -0.1) is 0 Å². The van der Waals surface area contributed by atoms with E-state index in [1.54, 1.807) is 42.6 Å². The van der Waals surface area contributed by atoms with Crippen LogP contribution in [0.3, 0.4) is 0 Å². The van der Waals surface area contributed by atoms with Crippen LogP contribution in [0.15, 0.2) is 65.8 Å². The van der Waals surface area contributed by atoms with E-state index in [4.69, 9.17) is 4.74 Å². The predicted octanol–water partition coefficient (Wildman–Crippen LogP) is 2.28. The smallest absolute Gasteiger partial charge is 0.280 e. The molecule has 3 aromatic rings. The van der Waals surface area contributed by atoms with Crippen molar-refractivity contribution in [2.24, 2.45) is 0 Å². The fraction of sp³-hybridized carbons (Fsp3) is 0.111. The number of carbonyl (C=O) groups excluding carboxylic acids is 1. The van der Waals surface area contributed by atoms with Gasteiger partial charge in [-0.3, -0.25) is 14.6 Å². The first-order chi connectivity index (χ1) is 12.2. The third kappa shape index (κ3) is 3.89. The van der Waals surface area contributed by atoms with Crippen molar-refractivity contribution in [1.29, 1.82) is 0 Å². The third-order valence-corrected chi connectivity index (χ3v) is 3.35. The molecule has 25 heavy (non-hydrogen) atoms. The van der Waals surface area contributed by atoms with Crippen LogP contribution < -0.4 is 15.5 Å². The van der Waals surface area contributed by atoms with E-state index >= 15 is 0 Å². The number of ether oxygens (including phenoxy) is 1. The van der Waals surface area contributed by atoms with E-state index in [0.29, 0.717) is 18.0 Å². The highest BCUT2D eigenvalue weighted by molar-refractivity contribution is 6.02. The van der Waals surface area contributed by atoms with Crippen molar-refractivity contribution in [2.75, 3.05) is 11.9 Å². The topological polar surface area (TPSA) is 86.1 Å². The maximum Gasteiger partial charge on any atom is 0.280 e. The highest BCUT2D eigenvalue weighted by atomic mass is 16.5. The molecule has 2 aromatic heterocycles. The molecule has 126 valence electrons. The first kappa shape index (κ1) is 16.4. The molecule has 0 aliphatic rings. The summed E-state index contributed by atoms with van der Waals surface area (Å²) in [7, 11) is 0. The number of hydrogen-bond donors (Lipinski definition) is 1. The second-order valence-corrected chi connectivity index (χ2v) is 5.10.